The quantitative estimate of drug-likeness (QED) is 0.684. The van der Waals surface area contributed by atoms with Gasteiger partial charge in [-0.3, -0.25) is 0 Å². The molecule has 1 aromatic carbocycles. The first-order valence-corrected chi connectivity index (χ1v) is 6.94. The third-order valence-corrected chi connectivity index (χ3v) is 2.15. The summed E-state index contributed by atoms with van der Waals surface area (Å²) < 4.78 is 0.792. The van der Waals surface area contributed by atoms with Crippen LogP contribution in [-0.4, -0.2) is 0 Å². The smallest absolute Gasteiger partial charge is 0.0532 e. The molecule has 0 unspecified atom stereocenters. The molecule has 0 saturated heterocycles. The molecule has 0 fully saturated rings. The highest BCUT2D eigenvalue weighted by molar-refractivity contribution is 9.28. The predicted octanol–water partition coefficient (Wildman–Crippen LogP) is 5.76. The topological polar surface area (TPSA) is 12.0 Å². The summed E-state index contributed by atoms with van der Waals surface area (Å²) >= 11 is 5.99. The van der Waals surface area contributed by atoms with E-state index in [0.717, 1.165) is 9.94 Å². The monoisotopic (exact) mass is 395 g/mol. The van der Waals surface area contributed by atoms with Crippen LogP contribution < -0.4 is 5.32 Å². The van der Waals surface area contributed by atoms with Crippen LogP contribution in [0.2, 0.25) is 0 Å². The first kappa shape index (κ1) is 20.1. The van der Waals surface area contributed by atoms with Gasteiger partial charge in [0.05, 0.1) is 3.39 Å². The number of rotatable bonds is 3. The summed E-state index contributed by atoms with van der Waals surface area (Å²) in [7, 11) is 0. The van der Waals surface area contributed by atoms with Crippen molar-refractivity contribution in [3.63, 3.8) is 0 Å². The lowest BCUT2D eigenvalue weighted by Crippen LogP contribution is -2.11. The highest BCUT2D eigenvalue weighted by atomic mass is 79.9. The van der Waals surface area contributed by atoms with E-state index in [2.05, 4.69) is 88.8 Å². The lowest BCUT2D eigenvalue weighted by molar-refractivity contribution is 0.798. The molecule has 1 rings (SSSR count). The van der Waals surface area contributed by atoms with E-state index in [4.69, 9.17) is 0 Å². The van der Waals surface area contributed by atoms with Crippen LogP contribution in [0, 0.1) is 0 Å². The maximum absolute atomic E-state index is 3.39. The molecule has 0 saturated carbocycles. The molecule has 0 aromatic heterocycles. The number of halogens is 3. The van der Waals surface area contributed by atoms with E-state index >= 15 is 0 Å². The second-order valence-electron chi connectivity index (χ2n) is 3.80. The molecule has 4 heteroatoms. The SMILES string of the molecule is C=C(Br)Br.CC(C)=C(C)NCc1ccccc1.Cl. The third-order valence-electron chi connectivity index (χ3n) is 2.15. The van der Waals surface area contributed by atoms with Crippen molar-refractivity contribution >= 4 is 44.3 Å². The molecule has 0 aliphatic heterocycles. The summed E-state index contributed by atoms with van der Waals surface area (Å²) in [5, 5.41) is 3.38. The Hall–Kier alpha value is -0.250. The molecule has 18 heavy (non-hydrogen) atoms. The van der Waals surface area contributed by atoms with Crippen molar-refractivity contribution in [1.82, 2.24) is 5.32 Å². The van der Waals surface area contributed by atoms with Crippen molar-refractivity contribution < 1.29 is 0 Å². The molecule has 0 heterocycles. The Morgan fingerprint density at radius 2 is 1.56 bits per heavy atom. The zero-order valence-corrected chi connectivity index (χ0v) is 15.0. The van der Waals surface area contributed by atoms with Gasteiger partial charge >= 0.3 is 0 Å². The first-order chi connectivity index (χ1) is 7.93. The molecule has 1 aromatic rings. The zero-order valence-electron chi connectivity index (χ0n) is 11.0. The Morgan fingerprint density at radius 3 is 1.94 bits per heavy atom. The van der Waals surface area contributed by atoms with E-state index in [1.807, 2.05) is 6.07 Å². The number of nitrogens with one attached hydrogen (secondary N) is 1. The van der Waals surface area contributed by atoms with Gasteiger partial charge in [-0.2, -0.15) is 0 Å². The van der Waals surface area contributed by atoms with Crippen molar-refractivity contribution in [1.29, 1.82) is 0 Å². The van der Waals surface area contributed by atoms with Gasteiger partial charge in [0.15, 0.2) is 0 Å². The van der Waals surface area contributed by atoms with Crippen molar-refractivity contribution in [3.05, 3.63) is 57.1 Å². The normalized spacial score (nSPS) is 8.28. The Labute approximate surface area is 133 Å². The minimum Gasteiger partial charge on any atom is -0.385 e. The highest BCUT2D eigenvalue weighted by Gasteiger charge is 1.92. The van der Waals surface area contributed by atoms with Crippen molar-refractivity contribution in [2.24, 2.45) is 0 Å². The fourth-order valence-corrected chi connectivity index (χ4v) is 1.01. The second-order valence-corrected chi connectivity index (χ2v) is 6.78. The second kappa shape index (κ2) is 11.8. The summed E-state index contributed by atoms with van der Waals surface area (Å²) in [6.07, 6.45) is 0. The maximum atomic E-state index is 3.39. The van der Waals surface area contributed by atoms with Gasteiger partial charge in [-0.15, -0.1) is 12.4 Å². The molecule has 1 nitrogen and oxygen atoms in total. The average Bonchev–Trinajstić information content (AvgIpc) is 2.26. The Balaban J connectivity index is 0. The van der Waals surface area contributed by atoms with Gasteiger partial charge in [0.25, 0.3) is 0 Å². The van der Waals surface area contributed by atoms with E-state index in [9.17, 15) is 0 Å². The number of benzene rings is 1. The molecule has 1 N–H and O–H groups in total. The van der Waals surface area contributed by atoms with Gasteiger partial charge < -0.3 is 5.32 Å². The molecule has 0 radical (unpaired) electrons. The van der Waals surface area contributed by atoms with Gasteiger partial charge in [0, 0.05) is 12.2 Å². The molecule has 0 amide bonds. The lowest BCUT2D eigenvalue weighted by atomic mass is 10.2. The zero-order chi connectivity index (χ0) is 13.3. The van der Waals surface area contributed by atoms with E-state index < -0.39 is 0 Å². The van der Waals surface area contributed by atoms with Gasteiger partial charge in [-0.1, -0.05) is 42.5 Å². The largest absolute Gasteiger partial charge is 0.385 e. The third kappa shape index (κ3) is 12.2. The van der Waals surface area contributed by atoms with Gasteiger partial charge in [0.1, 0.15) is 0 Å². The number of hydrogen-bond donors (Lipinski definition) is 1. The van der Waals surface area contributed by atoms with E-state index in [0.29, 0.717) is 0 Å². The Bertz CT molecular complexity index is 367. The molecule has 0 spiro atoms. The summed E-state index contributed by atoms with van der Waals surface area (Å²) in [6, 6.07) is 10.4. The van der Waals surface area contributed by atoms with E-state index in [1.165, 1.54) is 16.8 Å². The molecular formula is C14H20Br2ClN. The summed E-state index contributed by atoms with van der Waals surface area (Å²) in [4.78, 5) is 0. The summed E-state index contributed by atoms with van der Waals surface area (Å²) in [6.45, 7) is 10.6. The Kier molecular flexibility index (Phi) is 13.2. The van der Waals surface area contributed by atoms with Crippen LogP contribution in [0.1, 0.15) is 26.3 Å². The van der Waals surface area contributed by atoms with Gasteiger partial charge in [-0.25, -0.2) is 0 Å². The minimum absolute atomic E-state index is 0. The maximum Gasteiger partial charge on any atom is 0.0532 e. The Morgan fingerprint density at radius 1 is 1.11 bits per heavy atom. The molecule has 0 aliphatic carbocycles. The van der Waals surface area contributed by atoms with Gasteiger partial charge in [0.2, 0.25) is 0 Å². The van der Waals surface area contributed by atoms with Crippen LogP contribution >= 0.6 is 44.3 Å². The number of allylic oxidation sites excluding steroid dienone is 2. The number of hydrogen-bond acceptors (Lipinski definition) is 1. The van der Waals surface area contributed by atoms with Gasteiger partial charge in [-0.05, 0) is 58.2 Å². The summed E-state index contributed by atoms with van der Waals surface area (Å²) in [5.74, 6) is 0. The van der Waals surface area contributed by atoms with Crippen LogP contribution in [-0.2, 0) is 6.54 Å². The van der Waals surface area contributed by atoms with Crippen LogP contribution in [0.25, 0.3) is 0 Å². The minimum atomic E-state index is 0. The van der Waals surface area contributed by atoms with Crippen LogP contribution in [0.3, 0.4) is 0 Å². The van der Waals surface area contributed by atoms with E-state index in [1.54, 1.807) is 0 Å². The molecule has 0 aliphatic rings. The van der Waals surface area contributed by atoms with Crippen molar-refractivity contribution in [2.45, 2.75) is 27.3 Å². The first-order valence-electron chi connectivity index (χ1n) is 5.35. The molecular weight excluding hydrogens is 377 g/mol. The van der Waals surface area contributed by atoms with Crippen LogP contribution in [0.15, 0.2) is 51.6 Å². The summed E-state index contributed by atoms with van der Waals surface area (Å²) in [5.41, 5.74) is 3.93. The van der Waals surface area contributed by atoms with Crippen molar-refractivity contribution in [3.8, 4) is 0 Å². The average molecular weight is 398 g/mol. The fourth-order valence-electron chi connectivity index (χ4n) is 1.01. The lowest BCUT2D eigenvalue weighted by Gasteiger charge is -2.07. The van der Waals surface area contributed by atoms with Crippen LogP contribution in [0.5, 0.6) is 0 Å². The van der Waals surface area contributed by atoms with Crippen LogP contribution in [0.4, 0.5) is 0 Å². The standard InChI is InChI=1S/C12H17N.C2H2Br2.ClH/c1-10(2)11(3)13-9-12-7-5-4-6-8-12;1-2(3)4;/h4-8,13H,9H2,1-3H3;1H2;1H. The molecule has 0 bridgehead atoms. The molecule has 102 valence electrons. The van der Waals surface area contributed by atoms with E-state index in [-0.39, 0.29) is 12.4 Å². The fraction of sp³-hybridized carbons (Fsp3) is 0.286. The predicted molar refractivity (Wildman–Crippen MR) is 91.6 cm³/mol. The molecule has 0 atom stereocenters. The highest BCUT2D eigenvalue weighted by Crippen LogP contribution is 2.06. The van der Waals surface area contributed by atoms with Crippen molar-refractivity contribution in [2.75, 3.05) is 0 Å².